The topological polar surface area (TPSA) is 44.6 Å². The fourth-order valence-electron chi connectivity index (χ4n) is 2.37. The molecule has 0 bridgehead atoms. The Morgan fingerprint density at radius 1 is 1.41 bits per heavy atom. The van der Waals surface area contributed by atoms with Crippen molar-refractivity contribution in [3.63, 3.8) is 0 Å². The van der Waals surface area contributed by atoms with Crippen LogP contribution in [0.1, 0.15) is 24.0 Å². The van der Waals surface area contributed by atoms with E-state index in [1.54, 1.807) is 6.07 Å². The lowest BCUT2D eigenvalue weighted by Crippen LogP contribution is -2.32. The molecule has 1 aromatic carbocycles. The van der Waals surface area contributed by atoms with E-state index < -0.39 is 0 Å². The maximum atomic E-state index is 13.0. The largest absolute Gasteiger partial charge is 0.411 e. The van der Waals surface area contributed by atoms with Crippen molar-refractivity contribution in [3.8, 4) is 0 Å². The third-order valence-electron chi connectivity index (χ3n) is 3.30. The molecule has 4 heteroatoms. The van der Waals surface area contributed by atoms with Crippen LogP contribution in [0, 0.1) is 18.7 Å². The normalized spacial score (nSPS) is 18.4. The standard InChI is InChI=1S/C13H17FN2O/c1-9-8-11(14)2-3-12(9)13(16-17)10-4-6-15-7-5-10/h2-3,8,10,15,17H,4-7H2,1H3/b16-13-. The smallest absolute Gasteiger partial charge is 0.123 e. The van der Waals surface area contributed by atoms with Crippen molar-refractivity contribution in [2.45, 2.75) is 19.8 Å². The van der Waals surface area contributed by atoms with Crippen molar-refractivity contribution in [1.29, 1.82) is 0 Å². The first-order valence-corrected chi connectivity index (χ1v) is 5.91. The van der Waals surface area contributed by atoms with E-state index in [2.05, 4.69) is 10.5 Å². The fourth-order valence-corrected chi connectivity index (χ4v) is 2.37. The highest BCUT2D eigenvalue weighted by atomic mass is 19.1. The van der Waals surface area contributed by atoms with Gasteiger partial charge in [-0.1, -0.05) is 5.16 Å². The second-order valence-electron chi connectivity index (χ2n) is 4.47. The Labute approximate surface area is 100 Å². The van der Waals surface area contributed by atoms with Gasteiger partial charge in [0.05, 0.1) is 5.71 Å². The van der Waals surface area contributed by atoms with Crippen LogP contribution >= 0.6 is 0 Å². The fraction of sp³-hybridized carbons (Fsp3) is 0.462. The van der Waals surface area contributed by atoms with E-state index in [4.69, 9.17) is 0 Å². The zero-order chi connectivity index (χ0) is 12.3. The monoisotopic (exact) mass is 236 g/mol. The highest BCUT2D eigenvalue weighted by Crippen LogP contribution is 2.21. The first kappa shape index (κ1) is 12.0. The van der Waals surface area contributed by atoms with Crippen LogP contribution in [0.2, 0.25) is 0 Å². The van der Waals surface area contributed by atoms with Crippen LogP contribution in [0.5, 0.6) is 0 Å². The van der Waals surface area contributed by atoms with E-state index in [0.717, 1.165) is 37.1 Å². The molecular formula is C13H17FN2O. The van der Waals surface area contributed by atoms with Gasteiger partial charge in [0.15, 0.2) is 0 Å². The summed E-state index contributed by atoms with van der Waals surface area (Å²) in [5.74, 6) is -0.000683. The van der Waals surface area contributed by atoms with Crippen LogP contribution in [0.25, 0.3) is 0 Å². The highest BCUT2D eigenvalue weighted by Gasteiger charge is 2.22. The maximum absolute atomic E-state index is 13.0. The zero-order valence-electron chi connectivity index (χ0n) is 9.91. The highest BCUT2D eigenvalue weighted by molar-refractivity contribution is 6.03. The molecule has 1 aliphatic rings. The van der Waals surface area contributed by atoms with Gasteiger partial charge in [-0.3, -0.25) is 0 Å². The van der Waals surface area contributed by atoms with Crippen LogP contribution in [0.15, 0.2) is 23.4 Å². The Morgan fingerprint density at radius 2 is 2.12 bits per heavy atom. The number of nitrogens with one attached hydrogen (secondary N) is 1. The lowest BCUT2D eigenvalue weighted by atomic mass is 9.87. The molecule has 0 atom stereocenters. The van der Waals surface area contributed by atoms with Crippen molar-refractivity contribution < 1.29 is 9.60 Å². The quantitative estimate of drug-likeness (QED) is 0.470. The molecule has 0 radical (unpaired) electrons. The number of benzene rings is 1. The summed E-state index contributed by atoms with van der Waals surface area (Å²) in [6.07, 6.45) is 1.91. The summed E-state index contributed by atoms with van der Waals surface area (Å²) in [4.78, 5) is 0. The Hall–Kier alpha value is -1.42. The van der Waals surface area contributed by atoms with Crippen molar-refractivity contribution in [1.82, 2.24) is 5.32 Å². The molecule has 17 heavy (non-hydrogen) atoms. The predicted molar refractivity (Wildman–Crippen MR) is 65.1 cm³/mol. The summed E-state index contributed by atoms with van der Waals surface area (Å²) in [5.41, 5.74) is 2.35. The van der Waals surface area contributed by atoms with Crippen molar-refractivity contribution in [3.05, 3.63) is 35.1 Å². The molecule has 1 aliphatic heterocycles. The van der Waals surface area contributed by atoms with Crippen LogP contribution in [-0.4, -0.2) is 24.0 Å². The second kappa shape index (κ2) is 5.27. The number of aryl methyl sites for hydroxylation is 1. The Morgan fingerprint density at radius 3 is 2.71 bits per heavy atom. The zero-order valence-corrected chi connectivity index (χ0v) is 9.91. The minimum absolute atomic E-state index is 0.255. The molecule has 0 aliphatic carbocycles. The van der Waals surface area contributed by atoms with Gasteiger partial charge in [-0.15, -0.1) is 0 Å². The third-order valence-corrected chi connectivity index (χ3v) is 3.30. The number of piperidine rings is 1. The van der Waals surface area contributed by atoms with Gasteiger partial charge in [0.25, 0.3) is 0 Å². The van der Waals surface area contributed by atoms with Gasteiger partial charge in [-0.25, -0.2) is 4.39 Å². The summed E-state index contributed by atoms with van der Waals surface area (Å²) >= 11 is 0. The summed E-state index contributed by atoms with van der Waals surface area (Å²) in [5, 5.41) is 15.9. The minimum Gasteiger partial charge on any atom is -0.411 e. The number of rotatable bonds is 2. The Balaban J connectivity index is 2.28. The van der Waals surface area contributed by atoms with Gasteiger partial charge in [0.1, 0.15) is 5.82 Å². The van der Waals surface area contributed by atoms with Gasteiger partial charge in [0, 0.05) is 11.5 Å². The Bertz CT molecular complexity index is 425. The van der Waals surface area contributed by atoms with Crippen LogP contribution in [0.4, 0.5) is 4.39 Å². The molecule has 3 nitrogen and oxygen atoms in total. The molecule has 2 rings (SSSR count). The molecule has 0 aromatic heterocycles. The molecule has 2 N–H and O–H groups in total. The minimum atomic E-state index is -0.256. The molecule has 1 fully saturated rings. The lowest BCUT2D eigenvalue weighted by molar-refractivity contribution is 0.311. The van der Waals surface area contributed by atoms with Gasteiger partial charge in [0.2, 0.25) is 0 Å². The lowest BCUT2D eigenvalue weighted by Gasteiger charge is -2.24. The maximum Gasteiger partial charge on any atom is 0.123 e. The number of nitrogens with zero attached hydrogens (tertiary/aromatic N) is 1. The SMILES string of the molecule is Cc1cc(F)ccc1/C(=N\O)C1CCNCC1. The molecular weight excluding hydrogens is 219 g/mol. The molecule has 92 valence electrons. The molecule has 0 spiro atoms. The molecule has 1 saturated heterocycles. The number of hydrogen-bond donors (Lipinski definition) is 2. The van der Waals surface area contributed by atoms with E-state index in [1.165, 1.54) is 12.1 Å². The molecule has 0 saturated carbocycles. The van der Waals surface area contributed by atoms with Gasteiger partial charge in [-0.2, -0.15) is 0 Å². The summed E-state index contributed by atoms with van der Waals surface area (Å²) < 4.78 is 13.0. The number of oxime groups is 1. The Kier molecular flexibility index (Phi) is 3.74. The second-order valence-corrected chi connectivity index (χ2v) is 4.47. The van der Waals surface area contributed by atoms with Crippen LogP contribution < -0.4 is 5.32 Å². The molecule has 1 aromatic rings. The van der Waals surface area contributed by atoms with E-state index >= 15 is 0 Å². The number of hydrogen-bond acceptors (Lipinski definition) is 3. The number of halogens is 1. The van der Waals surface area contributed by atoms with Gasteiger partial charge >= 0.3 is 0 Å². The molecule has 0 amide bonds. The third kappa shape index (κ3) is 2.64. The van der Waals surface area contributed by atoms with E-state index in [1.807, 2.05) is 6.92 Å². The van der Waals surface area contributed by atoms with Gasteiger partial charge in [-0.05, 0) is 56.6 Å². The summed E-state index contributed by atoms with van der Waals surface area (Å²) in [6.45, 7) is 3.71. The van der Waals surface area contributed by atoms with Crippen molar-refractivity contribution in [2.24, 2.45) is 11.1 Å². The first-order valence-electron chi connectivity index (χ1n) is 5.91. The molecule has 0 unspecified atom stereocenters. The van der Waals surface area contributed by atoms with Crippen LogP contribution in [-0.2, 0) is 0 Å². The van der Waals surface area contributed by atoms with E-state index in [-0.39, 0.29) is 11.7 Å². The average molecular weight is 236 g/mol. The predicted octanol–water partition coefficient (Wildman–Crippen LogP) is 2.31. The van der Waals surface area contributed by atoms with Crippen molar-refractivity contribution >= 4 is 5.71 Å². The van der Waals surface area contributed by atoms with Crippen LogP contribution in [0.3, 0.4) is 0 Å². The molecule has 1 heterocycles. The first-order chi connectivity index (χ1) is 8.22. The van der Waals surface area contributed by atoms with Gasteiger partial charge < -0.3 is 10.5 Å². The van der Waals surface area contributed by atoms with Crippen molar-refractivity contribution in [2.75, 3.05) is 13.1 Å². The average Bonchev–Trinajstić information content (AvgIpc) is 2.34. The van der Waals surface area contributed by atoms with E-state index in [9.17, 15) is 9.60 Å². The summed E-state index contributed by atoms with van der Waals surface area (Å²) in [7, 11) is 0. The summed E-state index contributed by atoms with van der Waals surface area (Å²) in [6, 6.07) is 4.58. The van der Waals surface area contributed by atoms with E-state index in [0.29, 0.717) is 5.71 Å².